The number of carbonyl (C=O) groups is 2. The van der Waals surface area contributed by atoms with Crippen molar-refractivity contribution in [1.29, 1.82) is 0 Å². The van der Waals surface area contributed by atoms with E-state index in [9.17, 15) is 14.0 Å². The minimum atomic E-state index is -1.12. The SMILES string of the molecule is O=CC1C(F)CC2OC(=O)CC21. The zero-order valence-electron chi connectivity index (χ0n) is 6.40. The third-order valence-electron chi connectivity index (χ3n) is 2.69. The van der Waals surface area contributed by atoms with Crippen molar-refractivity contribution < 1.29 is 18.7 Å². The quantitative estimate of drug-likeness (QED) is 0.426. The van der Waals surface area contributed by atoms with E-state index in [0.717, 1.165) is 0 Å². The van der Waals surface area contributed by atoms with Crippen LogP contribution in [0.25, 0.3) is 0 Å². The fourth-order valence-corrected chi connectivity index (χ4v) is 2.07. The molecule has 12 heavy (non-hydrogen) atoms. The number of rotatable bonds is 1. The first-order chi connectivity index (χ1) is 5.72. The van der Waals surface area contributed by atoms with Crippen LogP contribution in [0.5, 0.6) is 0 Å². The van der Waals surface area contributed by atoms with Crippen molar-refractivity contribution in [2.24, 2.45) is 11.8 Å². The van der Waals surface area contributed by atoms with E-state index < -0.39 is 12.1 Å². The molecule has 1 aliphatic carbocycles. The number of fused-ring (bicyclic) bond motifs is 1. The molecule has 2 fully saturated rings. The molecule has 0 aromatic carbocycles. The molecule has 1 saturated heterocycles. The number of carbonyl (C=O) groups excluding carboxylic acids is 2. The van der Waals surface area contributed by atoms with E-state index in [-0.39, 0.29) is 30.8 Å². The fraction of sp³-hybridized carbons (Fsp3) is 0.750. The van der Waals surface area contributed by atoms with E-state index >= 15 is 0 Å². The number of esters is 1. The first-order valence-electron chi connectivity index (χ1n) is 4.01. The van der Waals surface area contributed by atoms with Crippen LogP contribution < -0.4 is 0 Å². The largest absolute Gasteiger partial charge is 0.462 e. The summed E-state index contributed by atoms with van der Waals surface area (Å²) >= 11 is 0. The molecular weight excluding hydrogens is 163 g/mol. The minimum Gasteiger partial charge on any atom is -0.462 e. The summed E-state index contributed by atoms with van der Waals surface area (Å²) in [6.45, 7) is 0. The summed E-state index contributed by atoms with van der Waals surface area (Å²) in [5, 5.41) is 0. The Morgan fingerprint density at radius 1 is 1.58 bits per heavy atom. The second-order valence-corrected chi connectivity index (χ2v) is 3.36. The highest BCUT2D eigenvalue weighted by Gasteiger charge is 2.50. The predicted molar refractivity (Wildman–Crippen MR) is 37.1 cm³/mol. The number of ether oxygens (including phenoxy) is 1. The maximum absolute atomic E-state index is 13.0. The molecule has 0 aromatic heterocycles. The van der Waals surface area contributed by atoms with Crippen LogP contribution in [0.15, 0.2) is 0 Å². The molecule has 1 heterocycles. The van der Waals surface area contributed by atoms with E-state index in [4.69, 9.17) is 4.74 Å². The van der Waals surface area contributed by atoms with Gasteiger partial charge in [-0.1, -0.05) is 0 Å². The fourth-order valence-electron chi connectivity index (χ4n) is 2.07. The van der Waals surface area contributed by atoms with Crippen molar-refractivity contribution in [3.8, 4) is 0 Å². The second-order valence-electron chi connectivity index (χ2n) is 3.36. The lowest BCUT2D eigenvalue weighted by Crippen LogP contribution is -2.18. The number of aldehydes is 1. The Kier molecular flexibility index (Phi) is 1.63. The first-order valence-corrected chi connectivity index (χ1v) is 4.01. The van der Waals surface area contributed by atoms with Gasteiger partial charge in [0.2, 0.25) is 0 Å². The second kappa shape index (κ2) is 2.54. The molecule has 2 aliphatic rings. The Morgan fingerprint density at radius 2 is 2.33 bits per heavy atom. The van der Waals surface area contributed by atoms with Gasteiger partial charge in [-0.15, -0.1) is 0 Å². The van der Waals surface area contributed by atoms with Crippen molar-refractivity contribution in [3.63, 3.8) is 0 Å². The molecule has 4 heteroatoms. The van der Waals surface area contributed by atoms with Gasteiger partial charge in [0.15, 0.2) is 0 Å². The van der Waals surface area contributed by atoms with Gasteiger partial charge in [-0.2, -0.15) is 0 Å². The van der Waals surface area contributed by atoms with E-state index in [1.54, 1.807) is 0 Å². The average Bonchev–Trinajstić information content (AvgIpc) is 2.43. The number of alkyl halides is 1. The van der Waals surface area contributed by atoms with Crippen molar-refractivity contribution in [2.75, 3.05) is 0 Å². The van der Waals surface area contributed by atoms with Crippen molar-refractivity contribution in [1.82, 2.24) is 0 Å². The molecule has 0 N–H and O–H groups in total. The van der Waals surface area contributed by atoms with E-state index in [2.05, 4.69) is 0 Å². The molecule has 0 amide bonds. The van der Waals surface area contributed by atoms with Crippen molar-refractivity contribution in [2.45, 2.75) is 25.1 Å². The van der Waals surface area contributed by atoms with Crippen LogP contribution in [-0.2, 0) is 14.3 Å². The van der Waals surface area contributed by atoms with Crippen molar-refractivity contribution in [3.05, 3.63) is 0 Å². The van der Waals surface area contributed by atoms with E-state index in [0.29, 0.717) is 6.29 Å². The van der Waals surface area contributed by atoms with Gasteiger partial charge in [0.1, 0.15) is 18.6 Å². The summed E-state index contributed by atoms with van der Waals surface area (Å²) in [5.74, 6) is -1.13. The Bertz CT molecular complexity index is 228. The van der Waals surface area contributed by atoms with Crippen LogP contribution in [0.2, 0.25) is 0 Å². The number of hydrogen-bond acceptors (Lipinski definition) is 3. The Morgan fingerprint density at radius 3 is 3.00 bits per heavy atom. The number of halogens is 1. The third-order valence-corrected chi connectivity index (χ3v) is 2.69. The van der Waals surface area contributed by atoms with Crippen LogP contribution in [0, 0.1) is 11.8 Å². The van der Waals surface area contributed by atoms with Gasteiger partial charge < -0.3 is 9.53 Å². The van der Waals surface area contributed by atoms with Gasteiger partial charge in [-0.25, -0.2) is 4.39 Å². The summed E-state index contributed by atoms with van der Waals surface area (Å²) in [5.41, 5.74) is 0. The summed E-state index contributed by atoms with van der Waals surface area (Å²) in [4.78, 5) is 21.2. The van der Waals surface area contributed by atoms with E-state index in [1.165, 1.54) is 0 Å². The highest BCUT2D eigenvalue weighted by atomic mass is 19.1. The summed E-state index contributed by atoms with van der Waals surface area (Å²) in [6, 6.07) is 0. The van der Waals surface area contributed by atoms with Gasteiger partial charge in [-0.3, -0.25) is 4.79 Å². The Hall–Kier alpha value is -0.930. The molecule has 4 unspecified atom stereocenters. The summed E-state index contributed by atoms with van der Waals surface area (Å²) in [6.07, 6.45) is -0.459. The molecule has 1 aliphatic heterocycles. The van der Waals surface area contributed by atoms with Crippen LogP contribution in [0.4, 0.5) is 4.39 Å². The van der Waals surface area contributed by atoms with Crippen LogP contribution in [0.1, 0.15) is 12.8 Å². The molecule has 3 nitrogen and oxygen atoms in total. The lowest BCUT2D eigenvalue weighted by Gasteiger charge is -2.08. The van der Waals surface area contributed by atoms with Gasteiger partial charge in [0, 0.05) is 12.3 Å². The van der Waals surface area contributed by atoms with Crippen LogP contribution in [0.3, 0.4) is 0 Å². The molecule has 2 rings (SSSR count). The minimum absolute atomic E-state index is 0.194. The zero-order chi connectivity index (χ0) is 8.72. The van der Waals surface area contributed by atoms with Crippen LogP contribution in [-0.4, -0.2) is 24.5 Å². The molecule has 0 bridgehead atoms. The average molecular weight is 172 g/mol. The topological polar surface area (TPSA) is 43.4 Å². The summed E-state index contributed by atoms with van der Waals surface area (Å²) in [7, 11) is 0. The first kappa shape index (κ1) is 7.71. The molecule has 0 aromatic rings. The maximum atomic E-state index is 13.0. The van der Waals surface area contributed by atoms with E-state index in [1.807, 2.05) is 0 Å². The smallest absolute Gasteiger partial charge is 0.306 e. The molecular formula is C8H9FO3. The summed E-state index contributed by atoms with van der Waals surface area (Å²) < 4.78 is 17.9. The maximum Gasteiger partial charge on any atom is 0.306 e. The molecule has 0 radical (unpaired) electrons. The standard InChI is InChI=1S/C8H9FO3/c9-6-2-7-4(5(6)3-10)1-8(11)12-7/h3-7H,1-2H2. The molecule has 1 saturated carbocycles. The highest BCUT2D eigenvalue weighted by Crippen LogP contribution is 2.41. The van der Waals surface area contributed by atoms with Gasteiger partial charge in [-0.05, 0) is 0 Å². The molecule has 4 atom stereocenters. The predicted octanol–water partition coefficient (Wildman–Crippen LogP) is 0.475. The van der Waals surface area contributed by atoms with Gasteiger partial charge in [0.25, 0.3) is 0 Å². The normalized spacial score (nSPS) is 45.6. The van der Waals surface area contributed by atoms with Crippen molar-refractivity contribution >= 4 is 12.3 Å². The zero-order valence-corrected chi connectivity index (χ0v) is 6.40. The monoisotopic (exact) mass is 172 g/mol. The van der Waals surface area contributed by atoms with Gasteiger partial charge in [0.05, 0.1) is 12.3 Å². The Labute approximate surface area is 68.9 Å². The third kappa shape index (κ3) is 0.940. The highest BCUT2D eigenvalue weighted by molar-refractivity contribution is 5.74. The molecule has 0 spiro atoms. The Balaban J connectivity index is 2.16. The van der Waals surface area contributed by atoms with Gasteiger partial charge >= 0.3 is 5.97 Å². The number of hydrogen-bond donors (Lipinski definition) is 0. The lowest BCUT2D eigenvalue weighted by atomic mass is 9.94. The van der Waals surface area contributed by atoms with Crippen LogP contribution >= 0.6 is 0 Å². The molecule has 66 valence electrons. The lowest BCUT2D eigenvalue weighted by molar-refractivity contribution is -0.141.